The molecule has 2 aliphatic rings. The maximum atomic E-state index is 13.6. The molecule has 4 rings (SSSR count). The van der Waals surface area contributed by atoms with Crippen LogP contribution in [0, 0.1) is 45.5 Å². The zero-order chi connectivity index (χ0) is 24.5. The number of hydrogen-bond acceptors (Lipinski definition) is 4. The van der Waals surface area contributed by atoms with E-state index in [0.717, 1.165) is 47.1 Å². The molecule has 1 saturated carbocycles. The number of methoxy groups -OCH3 is 1. The predicted molar refractivity (Wildman–Crippen MR) is 132 cm³/mol. The van der Waals surface area contributed by atoms with Gasteiger partial charge in [-0.25, -0.2) is 9.59 Å². The Kier molecular flexibility index (Phi) is 6.70. The topological polar surface area (TPSA) is 55.8 Å². The lowest BCUT2D eigenvalue weighted by molar-refractivity contribution is -0.0446. The number of fused-ring (bicyclic) bond motifs is 1. The molecule has 1 saturated heterocycles. The lowest BCUT2D eigenvalue weighted by Gasteiger charge is -2.42. The molecule has 2 fully saturated rings. The second kappa shape index (κ2) is 9.54. The number of esters is 1. The van der Waals surface area contributed by atoms with Crippen molar-refractivity contribution in [2.45, 2.75) is 65.0 Å². The van der Waals surface area contributed by atoms with Crippen LogP contribution in [0.2, 0.25) is 0 Å². The highest BCUT2D eigenvalue weighted by molar-refractivity contribution is 5.93. The van der Waals surface area contributed by atoms with Crippen molar-refractivity contribution >= 4 is 12.1 Å². The number of hydrogen-bond donors (Lipinski definition) is 0. The number of ether oxygens (including phenoxy) is 2. The number of likely N-dealkylation sites (tertiary alicyclic amines) is 1. The molecular formula is C29H33NO4. The van der Waals surface area contributed by atoms with Gasteiger partial charge < -0.3 is 14.4 Å². The van der Waals surface area contributed by atoms with E-state index in [1.807, 2.05) is 64.1 Å². The Balaban J connectivity index is 1.75. The zero-order valence-electron chi connectivity index (χ0n) is 20.7. The van der Waals surface area contributed by atoms with Crippen LogP contribution in [0.3, 0.4) is 0 Å². The summed E-state index contributed by atoms with van der Waals surface area (Å²) in [5, 5.41) is 0. The normalized spacial score (nSPS) is 23.5. The van der Waals surface area contributed by atoms with Crippen molar-refractivity contribution in [2.75, 3.05) is 13.7 Å². The summed E-state index contributed by atoms with van der Waals surface area (Å²) in [5.41, 5.74) is 4.58. The van der Waals surface area contributed by atoms with Crippen LogP contribution in [-0.4, -0.2) is 42.3 Å². The maximum absolute atomic E-state index is 13.6. The SMILES string of the molecule is COC(=O)N1CCC2C1CCCC2(C#Cc1cccc(C)c1)OC(=O)c1c(C)cc(C)cc1C. The summed E-state index contributed by atoms with van der Waals surface area (Å²) in [6.07, 6.45) is 2.72. The van der Waals surface area contributed by atoms with Crippen molar-refractivity contribution in [3.63, 3.8) is 0 Å². The van der Waals surface area contributed by atoms with E-state index in [-0.39, 0.29) is 24.0 Å². The van der Waals surface area contributed by atoms with E-state index in [1.54, 1.807) is 4.90 Å². The molecule has 0 aromatic heterocycles. The molecule has 2 aromatic carbocycles. The molecule has 1 aliphatic heterocycles. The van der Waals surface area contributed by atoms with Gasteiger partial charge in [-0.05, 0) is 88.1 Å². The third-order valence-electron chi connectivity index (χ3n) is 7.19. The summed E-state index contributed by atoms with van der Waals surface area (Å²) in [7, 11) is 1.41. The fraction of sp³-hybridized carbons (Fsp3) is 0.448. The summed E-state index contributed by atoms with van der Waals surface area (Å²) in [6, 6.07) is 12.0. The highest BCUT2D eigenvalue weighted by Gasteiger charge is 2.54. The van der Waals surface area contributed by atoms with E-state index in [1.165, 1.54) is 7.11 Å². The number of rotatable bonds is 2. The second-order valence-corrected chi connectivity index (χ2v) is 9.69. The Morgan fingerprint density at radius 2 is 1.76 bits per heavy atom. The Bertz CT molecular complexity index is 1150. The minimum absolute atomic E-state index is 0.0546. The van der Waals surface area contributed by atoms with Gasteiger partial charge in [0.2, 0.25) is 0 Å². The molecular weight excluding hydrogens is 426 g/mol. The molecule has 0 N–H and O–H groups in total. The van der Waals surface area contributed by atoms with Crippen molar-refractivity contribution < 1.29 is 19.1 Å². The van der Waals surface area contributed by atoms with Gasteiger partial charge in [-0.3, -0.25) is 0 Å². The smallest absolute Gasteiger partial charge is 0.409 e. The van der Waals surface area contributed by atoms with Crippen LogP contribution in [0.5, 0.6) is 0 Å². The standard InChI is InChI=1S/C29H33NO4/c1-19-8-6-9-23(18-19)11-14-29(34-27(31)26-21(3)16-20(2)17-22(26)4)13-7-10-25-24(29)12-15-30(25)28(32)33-5/h6,8-9,16-18,24-25H,7,10,12-13,15H2,1-5H3. The molecule has 0 spiro atoms. The molecule has 2 aromatic rings. The quantitative estimate of drug-likeness (QED) is 0.439. The first-order valence-electron chi connectivity index (χ1n) is 12.0. The molecule has 1 heterocycles. The number of amides is 1. The molecule has 1 aliphatic carbocycles. The number of carbonyl (C=O) groups excluding carboxylic acids is 2. The Morgan fingerprint density at radius 3 is 2.44 bits per heavy atom. The third kappa shape index (κ3) is 4.55. The van der Waals surface area contributed by atoms with Crippen LogP contribution in [0.4, 0.5) is 4.79 Å². The number of carbonyl (C=O) groups is 2. The summed E-state index contributed by atoms with van der Waals surface area (Å²) in [5.74, 6) is 6.30. The van der Waals surface area contributed by atoms with Crippen molar-refractivity contribution in [1.29, 1.82) is 0 Å². The first-order valence-corrected chi connectivity index (χ1v) is 12.0. The van der Waals surface area contributed by atoms with Gasteiger partial charge in [-0.15, -0.1) is 0 Å². The predicted octanol–water partition coefficient (Wildman–Crippen LogP) is 5.51. The van der Waals surface area contributed by atoms with Crippen LogP contribution >= 0.6 is 0 Å². The zero-order valence-corrected chi connectivity index (χ0v) is 20.7. The third-order valence-corrected chi connectivity index (χ3v) is 7.19. The molecule has 0 bridgehead atoms. The number of aryl methyl sites for hydroxylation is 4. The Morgan fingerprint density at radius 1 is 1.03 bits per heavy atom. The maximum Gasteiger partial charge on any atom is 0.409 e. The van der Waals surface area contributed by atoms with Crippen LogP contribution < -0.4 is 0 Å². The van der Waals surface area contributed by atoms with E-state index in [2.05, 4.69) is 11.8 Å². The van der Waals surface area contributed by atoms with Crippen LogP contribution in [-0.2, 0) is 9.47 Å². The molecule has 178 valence electrons. The van der Waals surface area contributed by atoms with Crippen LogP contribution in [0.15, 0.2) is 36.4 Å². The van der Waals surface area contributed by atoms with E-state index < -0.39 is 5.60 Å². The van der Waals surface area contributed by atoms with Gasteiger partial charge in [0, 0.05) is 24.1 Å². The fourth-order valence-electron chi connectivity index (χ4n) is 5.78. The molecule has 3 unspecified atom stereocenters. The average Bonchev–Trinajstić information content (AvgIpc) is 3.22. The Hall–Kier alpha value is -3.26. The first-order chi connectivity index (χ1) is 16.2. The molecule has 5 heteroatoms. The van der Waals surface area contributed by atoms with Gasteiger partial charge in [0.15, 0.2) is 5.60 Å². The van der Waals surface area contributed by atoms with Crippen molar-refractivity contribution in [3.05, 3.63) is 69.8 Å². The van der Waals surface area contributed by atoms with E-state index in [4.69, 9.17) is 9.47 Å². The first kappa shape index (κ1) is 23.9. The fourth-order valence-corrected chi connectivity index (χ4v) is 5.78. The van der Waals surface area contributed by atoms with Crippen molar-refractivity contribution in [2.24, 2.45) is 5.92 Å². The van der Waals surface area contributed by atoms with Gasteiger partial charge in [0.05, 0.1) is 12.7 Å². The minimum atomic E-state index is -0.962. The number of nitrogens with zero attached hydrogens (tertiary/aromatic N) is 1. The summed E-state index contributed by atoms with van der Waals surface area (Å²) in [6.45, 7) is 8.53. The van der Waals surface area contributed by atoms with Gasteiger partial charge in [0.25, 0.3) is 0 Å². The monoisotopic (exact) mass is 459 g/mol. The van der Waals surface area contributed by atoms with Gasteiger partial charge in [0.1, 0.15) is 0 Å². The van der Waals surface area contributed by atoms with Gasteiger partial charge >= 0.3 is 12.1 Å². The Labute approximate surface area is 202 Å². The van der Waals surface area contributed by atoms with E-state index in [9.17, 15) is 9.59 Å². The van der Waals surface area contributed by atoms with Gasteiger partial charge in [-0.2, -0.15) is 0 Å². The minimum Gasteiger partial charge on any atom is -0.453 e. The molecule has 3 atom stereocenters. The lowest BCUT2D eigenvalue weighted by atomic mass is 9.72. The molecule has 1 amide bonds. The number of benzene rings is 2. The van der Waals surface area contributed by atoms with E-state index in [0.29, 0.717) is 18.5 Å². The molecule has 5 nitrogen and oxygen atoms in total. The van der Waals surface area contributed by atoms with Crippen molar-refractivity contribution in [1.82, 2.24) is 4.90 Å². The largest absolute Gasteiger partial charge is 0.453 e. The summed E-state index contributed by atoms with van der Waals surface area (Å²) in [4.78, 5) is 27.8. The molecule has 34 heavy (non-hydrogen) atoms. The summed E-state index contributed by atoms with van der Waals surface area (Å²) >= 11 is 0. The highest BCUT2D eigenvalue weighted by atomic mass is 16.6. The highest BCUT2D eigenvalue weighted by Crippen LogP contribution is 2.45. The van der Waals surface area contributed by atoms with Crippen molar-refractivity contribution in [3.8, 4) is 11.8 Å². The second-order valence-electron chi connectivity index (χ2n) is 9.69. The van der Waals surface area contributed by atoms with Crippen LogP contribution in [0.25, 0.3) is 0 Å². The van der Waals surface area contributed by atoms with E-state index >= 15 is 0 Å². The average molecular weight is 460 g/mol. The lowest BCUT2D eigenvalue weighted by Crippen LogP contribution is -2.52. The van der Waals surface area contributed by atoms with Gasteiger partial charge in [-0.1, -0.05) is 35.7 Å². The molecule has 0 radical (unpaired) electrons. The van der Waals surface area contributed by atoms with Crippen LogP contribution in [0.1, 0.15) is 63.9 Å². The summed E-state index contributed by atoms with van der Waals surface area (Å²) < 4.78 is 11.4.